The van der Waals surface area contributed by atoms with E-state index < -0.39 is 0 Å². The Bertz CT molecular complexity index is 649. The first-order chi connectivity index (χ1) is 11.1. The van der Waals surface area contributed by atoms with Gasteiger partial charge in [0.1, 0.15) is 5.84 Å². The molecule has 0 amide bonds. The zero-order chi connectivity index (χ0) is 16.4. The number of nitriles is 1. The number of likely N-dealkylation sites (tertiary alicyclic amines) is 1. The van der Waals surface area contributed by atoms with Crippen molar-refractivity contribution < 1.29 is 0 Å². The van der Waals surface area contributed by atoms with E-state index in [4.69, 9.17) is 11.6 Å². The van der Waals surface area contributed by atoms with Gasteiger partial charge in [0.25, 0.3) is 0 Å². The van der Waals surface area contributed by atoms with E-state index >= 15 is 0 Å². The molecule has 1 atom stereocenters. The summed E-state index contributed by atoms with van der Waals surface area (Å²) in [4.78, 5) is 8.94. The molecule has 1 spiro atoms. The van der Waals surface area contributed by atoms with Crippen molar-refractivity contribution in [2.24, 2.45) is 10.9 Å². The van der Waals surface area contributed by atoms with Gasteiger partial charge in [-0.15, -0.1) is 0 Å². The van der Waals surface area contributed by atoms with Crippen molar-refractivity contribution in [3.63, 3.8) is 0 Å². The van der Waals surface area contributed by atoms with Gasteiger partial charge in [-0.2, -0.15) is 10.3 Å². The average molecular weight is 331 g/mol. The highest BCUT2D eigenvalue weighted by Gasteiger charge is 2.51. The fraction of sp³-hybridized carbons (Fsp3) is 0.556. The molecule has 2 fully saturated rings. The van der Waals surface area contributed by atoms with Crippen molar-refractivity contribution in [1.82, 2.24) is 4.90 Å². The van der Waals surface area contributed by atoms with Gasteiger partial charge in [0.05, 0.1) is 16.2 Å². The van der Waals surface area contributed by atoms with Gasteiger partial charge in [-0.1, -0.05) is 37.6 Å². The summed E-state index contributed by atoms with van der Waals surface area (Å²) in [5, 5.41) is 9.97. The van der Waals surface area contributed by atoms with Crippen LogP contribution in [-0.4, -0.2) is 35.9 Å². The molecule has 2 saturated heterocycles. The quantitative estimate of drug-likeness (QED) is 0.789. The molecule has 3 rings (SSSR count). The summed E-state index contributed by atoms with van der Waals surface area (Å²) in [6.45, 7) is 7.47. The van der Waals surface area contributed by atoms with Crippen LogP contribution in [0.15, 0.2) is 29.3 Å². The van der Waals surface area contributed by atoms with E-state index in [0.29, 0.717) is 10.9 Å². The van der Waals surface area contributed by atoms with Gasteiger partial charge in [0.15, 0.2) is 0 Å². The molecule has 0 aromatic heterocycles. The molecule has 4 nitrogen and oxygen atoms in total. The van der Waals surface area contributed by atoms with Gasteiger partial charge in [-0.3, -0.25) is 4.90 Å². The summed E-state index contributed by atoms with van der Waals surface area (Å²) in [6.07, 6.45) is 5.27. The van der Waals surface area contributed by atoms with Crippen LogP contribution in [0.5, 0.6) is 0 Å². The van der Waals surface area contributed by atoms with Gasteiger partial charge in [-0.25, -0.2) is 0 Å². The monoisotopic (exact) mass is 330 g/mol. The highest BCUT2D eigenvalue weighted by atomic mass is 35.5. The zero-order valence-electron chi connectivity index (χ0n) is 13.8. The van der Waals surface area contributed by atoms with Crippen molar-refractivity contribution in [1.29, 1.82) is 5.26 Å². The number of amidine groups is 1. The van der Waals surface area contributed by atoms with Crippen molar-refractivity contribution >= 4 is 23.1 Å². The SMILES string of the molecule is CC(C)CN1CCCC12CCN(c1ccccc1Cl)C2=NC#N. The first kappa shape index (κ1) is 16.3. The number of aliphatic imine (C=N–C) groups is 1. The van der Waals surface area contributed by atoms with E-state index in [1.165, 1.54) is 0 Å². The molecule has 2 heterocycles. The van der Waals surface area contributed by atoms with Gasteiger partial charge in [0.2, 0.25) is 6.19 Å². The van der Waals surface area contributed by atoms with Gasteiger partial charge in [-0.05, 0) is 43.9 Å². The maximum absolute atomic E-state index is 9.26. The molecular weight excluding hydrogens is 308 g/mol. The Morgan fingerprint density at radius 2 is 2.09 bits per heavy atom. The number of rotatable bonds is 3. The first-order valence-corrected chi connectivity index (χ1v) is 8.70. The molecule has 1 unspecified atom stereocenters. The molecule has 0 bridgehead atoms. The van der Waals surface area contributed by atoms with Crippen LogP contribution in [0.2, 0.25) is 5.02 Å². The van der Waals surface area contributed by atoms with Crippen LogP contribution < -0.4 is 4.90 Å². The zero-order valence-corrected chi connectivity index (χ0v) is 14.6. The lowest BCUT2D eigenvalue weighted by Crippen LogP contribution is -2.51. The lowest BCUT2D eigenvalue weighted by atomic mass is 9.93. The molecule has 0 radical (unpaired) electrons. The van der Waals surface area contributed by atoms with E-state index in [1.54, 1.807) is 0 Å². The van der Waals surface area contributed by atoms with Crippen molar-refractivity contribution in [2.45, 2.75) is 38.6 Å². The predicted octanol–water partition coefficient (Wildman–Crippen LogP) is 3.92. The Morgan fingerprint density at radius 1 is 1.30 bits per heavy atom. The number of hydrogen-bond donors (Lipinski definition) is 0. The number of anilines is 1. The Hall–Kier alpha value is -1.57. The highest BCUT2D eigenvalue weighted by molar-refractivity contribution is 6.34. The third-order valence-electron chi connectivity index (χ3n) is 4.93. The Morgan fingerprint density at radius 3 is 2.78 bits per heavy atom. The van der Waals surface area contributed by atoms with E-state index in [-0.39, 0.29) is 5.54 Å². The lowest BCUT2D eigenvalue weighted by molar-refractivity contribution is 0.183. The average Bonchev–Trinajstić information content (AvgIpc) is 3.07. The first-order valence-electron chi connectivity index (χ1n) is 8.33. The van der Waals surface area contributed by atoms with Crippen molar-refractivity contribution in [3.8, 4) is 6.19 Å². The second kappa shape index (κ2) is 6.51. The third-order valence-corrected chi connectivity index (χ3v) is 5.25. The molecule has 5 heteroatoms. The topological polar surface area (TPSA) is 42.6 Å². The summed E-state index contributed by atoms with van der Waals surface area (Å²) < 4.78 is 0. The fourth-order valence-electron chi connectivity index (χ4n) is 4.06. The molecule has 1 aromatic rings. The number of para-hydroxylation sites is 1. The van der Waals surface area contributed by atoms with Crippen molar-refractivity contribution in [2.75, 3.05) is 24.5 Å². The standard InChI is InChI=1S/C18H23ClN4/c1-14(2)12-22-10-5-8-18(22)9-11-23(17(18)21-13-20)16-7-4-3-6-15(16)19/h3-4,6-7,14H,5,8-12H2,1-2H3. The normalized spacial score (nSPS) is 26.6. The smallest absolute Gasteiger partial charge is 0.207 e. The van der Waals surface area contributed by atoms with E-state index in [0.717, 1.165) is 50.4 Å². The maximum Gasteiger partial charge on any atom is 0.207 e. The molecular formula is C18H23ClN4. The van der Waals surface area contributed by atoms with Crippen LogP contribution in [0.25, 0.3) is 0 Å². The van der Waals surface area contributed by atoms with E-state index in [9.17, 15) is 5.26 Å². The molecule has 0 aliphatic carbocycles. The summed E-state index contributed by atoms with van der Waals surface area (Å²) in [5.74, 6) is 1.48. The number of benzene rings is 1. The largest absolute Gasteiger partial charge is 0.326 e. The molecule has 2 aliphatic heterocycles. The lowest BCUT2D eigenvalue weighted by Gasteiger charge is -2.36. The second-order valence-corrected chi connectivity index (χ2v) is 7.27. The summed E-state index contributed by atoms with van der Waals surface area (Å²) in [5.41, 5.74) is 0.857. The summed E-state index contributed by atoms with van der Waals surface area (Å²) in [6, 6.07) is 7.82. The molecule has 0 N–H and O–H groups in total. The predicted molar refractivity (Wildman–Crippen MR) is 94.8 cm³/mol. The second-order valence-electron chi connectivity index (χ2n) is 6.86. The molecule has 122 valence electrons. The summed E-state index contributed by atoms with van der Waals surface area (Å²) >= 11 is 6.39. The molecule has 0 saturated carbocycles. The van der Waals surface area contributed by atoms with Gasteiger partial charge in [0, 0.05) is 13.1 Å². The molecule has 2 aliphatic rings. The van der Waals surface area contributed by atoms with Crippen LogP contribution in [0.4, 0.5) is 5.69 Å². The molecule has 23 heavy (non-hydrogen) atoms. The minimum absolute atomic E-state index is 0.0980. The van der Waals surface area contributed by atoms with Gasteiger partial charge < -0.3 is 4.90 Å². The maximum atomic E-state index is 9.26. The number of halogens is 1. The third kappa shape index (κ3) is 2.84. The van der Waals surface area contributed by atoms with Crippen LogP contribution in [0, 0.1) is 17.4 Å². The van der Waals surface area contributed by atoms with Crippen molar-refractivity contribution in [3.05, 3.63) is 29.3 Å². The van der Waals surface area contributed by atoms with Gasteiger partial charge >= 0.3 is 0 Å². The Kier molecular flexibility index (Phi) is 4.61. The number of hydrogen-bond acceptors (Lipinski definition) is 3. The highest BCUT2D eigenvalue weighted by Crippen LogP contribution is 2.42. The Labute approximate surface area is 143 Å². The summed E-state index contributed by atoms with van der Waals surface area (Å²) in [7, 11) is 0. The van der Waals surface area contributed by atoms with Crippen LogP contribution in [0.3, 0.4) is 0 Å². The van der Waals surface area contributed by atoms with Crippen LogP contribution in [0.1, 0.15) is 33.1 Å². The number of nitrogens with zero attached hydrogens (tertiary/aromatic N) is 4. The minimum Gasteiger partial charge on any atom is -0.326 e. The van der Waals surface area contributed by atoms with Crippen LogP contribution in [-0.2, 0) is 0 Å². The van der Waals surface area contributed by atoms with E-state index in [1.807, 2.05) is 30.5 Å². The molecule has 1 aromatic carbocycles. The minimum atomic E-state index is -0.0980. The van der Waals surface area contributed by atoms with E-state index in [2.05, 4.69) is 28.6 Å². The fourth-order valence-corrected chi connectivity index (χ4v) is 4.30. The van der Waals surface area contributed by atoms with Crippen LogP contribution >= 0.6 is 11.6 Å². The Balaban J connectivity index is 2.00.